The average Bonchev–Trinajstić information content (AvgIpc) is 3.58. The number of alkyl halides is 3. The minimum atomic E-state index is -4.66. The molecule has 3 aromatic rings. The highest BCUT2D eigenvalue weighted by Gasteiger charge is 2.35. The number of rotatable bonds is 7. The Morgan fingerprint density at radius 3 is 2.16 bits per heavy atom. The molecule has 1 aliphatic heterocycles. The van der Waals surface area contributed by atoms with Crippen molar-refractivity contribution in [3.63, 3.8) is 0 Å². The second-order valence-electron chi connectivity index (χ2n) is 6.86. The van der Waals surface area contributed by atoms with Crippen LogP contribution in [-0.2, 0) is 20.9 Å². The summed E-state index contributed by atoms with van der Waals surface area (Å²) in [6, 6.07) is 18.2. The maximum Gasteiger partial charge on any atom is 0.416 e. The van der Waals surface area contributed by atoms with E-state index in [1.54, 1.807) is 36.4 Å². The highest BCUT2D eigenvalue weighted by Crippen LogP contribution is 2.42. The summed E-state index contributed by atoms with van der Waals surface area (Å²) < 4.78 is 79.2. The minimum absolute atomic E-state index is 0.00635. The number of anilines is 2. The van der Waals surface area contributed by atoms with Gasteiger partial charge in [-0.2, -0.15) is 13.2 Å². The van der Waals surface area contributed by atoms with Crippen molar-refractivity contribution >= 4 is 21.4 Å². The molecule has 0 N–H and O–H groups in total. The van der Waals surface area contributed by atoms with Crippen LogP contribution in [0.2, 0.25) is 0 Å². The Morgan fingerprint density at radius 2 is 1.58 bits per heavy atom. The first-order chi connectivity index (χ1) is 14.8. The van der Waals surface area contributed by atoms with Crippen LogP contribution in [0.5, 0.6) is 5.75 Å². The summed E-state index contributed by atoms with van der Waals surface area (Å²) >= 11 is 0. The third-order valence-electron chi connectivity index (χ3n) is 4.60. The molecule has 0 saturated carbocycles. The number of ether oxygens (including phenoxy) is 2. The van der Waals surface area contributed by atoms with Crippen LogP contribution < -0.4 is 9.04 Å². The molecule has 5 nitrogen and oxygen atoms in total. The van der Waals surface area contributed by atoms with Crippen LogP contribution in [0.25, 0.3) is 0 Å². The molecule has 0 bridgehead atoms. The molecule has 1 saturated heterocycles. The van der Waals surface area contributed by atoms with E-state index < -0.39 is 21.8 Å². The van der Waals surface area contributed by atoms with Crippen molar-refractivity contribution in [1.29, 1.82) is 0 Å². The third kappa shape index (κ3) is 4.67. The Bertz CT molecular complexity index is 1150. The Labute approximate surface area is 177 Å². The summed E-state index contributed by atoms with van der Waals surface area (Å²) in [7, 11) is -4.26. The second-order valence-corrected chi connectivity index (χ2v) is 8.65. The molecule has 0 aliphatic carbocycles. The van der Waals surface area contributed by atoms with Crippen molar-refractivity contribution in [2.24, 2.45) is 0 Å². The molecular weight excluding hydrogens is 431 g/mol. The number of hydrogen-bond acceptors (Lipinski definition) is 4. The summed E-state index contributed by atoms with van der Waals surface area (Å²) in [5.41, 5.74) is -1.04. The fourth-order valence-electron chi connectivity index (χ4n) is 2.99. The van der Waals surface area contributed by atoms with Crippen molar-refractivity contribution in [3.05, 3.63) is 84.4 Å². The second kappa shape index (κ2) is 8.24. The largest absolute Gasteiger partial charge is 0.489 e. The normalized spacial score (nSPS) is 16.0. The zero-order valence-corrected chi connectivity index (χ0v) is 16.9. The van der Waals surface area contributed by atoms with Crippen LogP contribution in [-0.4, -0.2) is 27.7 Å². The van der Waals surface area contributed by atoms with Gasteiger partial charge in [0.05, 0.1) is 28.4 Å². The van der Waals surface area contributed by atoms with Crippen molar-refractivity contribution in [1.82, 2.24) is 0 Å². The van der Waals surface area contributed by atoms with E-state index >= 15 is 0 Å². The maximum atomic E-state index is 13.6. The predicted molar refractivity (Wildman–Crippen MR) is 109 cm³/mol. The molecule has 0 aromatic heterocycles. The van der Waals surface area contributed by atoms with Crippen LogP contribution >= 0.6 is 0 Å². The van der Waals surface area contributed by atoms with E-state index in [-0.39, 0.29) is 34.7 Å². The lowest BCUT2D eigenvalue weighted by Gasteiger charge is -2.27. The number of halogens is 3. The van der Waals surface area contributed by atoms with Crippen molar-refractivity contribution in [2.45, 2.75) is 17.2 Å². The van der Waals surface area contributed by atoms with Gasteiger partial charge in [-0.15, -0.1) is 0 Å². The predicted octanol–water partition coefficient (Wildman–Crippen LogP) is 5.01. The molecule has 1 aliphatic rings. The maximum absolute atomic E-state index is 13.6. The molecule has 1 atom stereocenters. The van der Waals surface area contributed by atoms with Crippen LogP contribution in [0.3, 0.4) is 0 Å². The summed E-state index contributed by atoms with van der Waals surface area (Å²) in [4.78, 5) is -0.0623. The Balaban J connectivity index is 1.91. The lowest BCUT2D eigenvalue weighted by Crippen LogP contribution is -2.27. The summed E-state index contributed by atoms with van der Waals surface area (Å²) in [5.74, 6) is 0.00635. The van der Waals surface area contributed by atoms with E-state index in [2.05, 4.69) is 0 Å². The Kier molecular flexibility index (Phi) is 5.63. The van der Waals surface area contributed by atoms with Crippen molar-refractivity contribution in [3.8, 4) is 5.75 Å². The van der Waals surface area contributed by atoms with Gasteiger partial charge in [0.15, 0.2) is 0 Å². The molecule has 9 heteroatoms. The van der Waals surface area contributed by atoms with Gasteiger partial charge in [-0.25, -0.2) is 12.7 Å². The SMILES string of the molecule is O=S(=O)(c1ccccc1)N(c1ccccc1)c1cc(C(F)(F)F)ccc1OCC1CO1. The first kappa shape index (κ1) is 21.2. The first-order valence-corrected chi connectivity index (χ1v) is 10.8. The van der Waals surface area contributed by atoms with Gasteiger partial charge in [0, 0.05) is 0 Å². The summed E-state index contributed by atoms with van der Waals surface area (Å²) in [6.07, 6.45) is -4.82. The molecule has 162 valence electrons. The zero-order valence-electron chi connectivity index (χ0n) is 16.1. The molecule has 1 heterocycles. The van der Waals surface area contributed by atoms with Gasteiger partial charge in [-0.3, -0.25) is 0 Å². The average molecular weight is 449 g/mol. The van der Waals surface area contributed by atoms with Gasteiger partial charge in [0.1, 0.15) is 18.5 Å². The molecule has 0 amide bonds. The molecule has 1 unspecified atom stereocenters. The Hall–Kier alpha value is -3.04. The fraction of sp³-hybridized carbons (Fsp3) is 0.182. The fourth-order valence-corrected chi connectivity index (χ4v) is 4.50. The molecule has 0 spiro atoms. The zero-order chi connectivity index (χ0) is 22.1. The van der Waals surface area contributed by atoms with E-state index in [0.717, 1.165) is 22.5 Å². The number of epoxide rings is 1. The lowest BCUT2D eigenvalue weighted by molar-refractivity contribution is -0.137. The first-order valence-electron chi connectivity index (χ1n) is 9.38. The van der Waals surface area contributed by atoms with Crippen LogP contribution in [0, 0.1) is 0 Å². The number of para-hydroxylation sites is 1. The molecular formula is C22H18F3NO4S. The van der Waals surface area contributed by atoms with Crippen LogP contribution in [0.1, 0.15) is 5.56 Å². The molecule has 4 rings (SSSR count). The molecule has 1 fully saturated rings. The van der Waals surface area contributed by atoms with Crippen LogP contribution in [0.15, 0.2) is 83.8 Å². The van der Waals surface area contributed by atoms with Gasteiger partial charge in [-0.05, 0) is 42.5 Å². The van der Waals surface area contributed by atoms with E-state index in [0.29, 0.717) is 6.61 Å². The third-order valence-corrected chi connectivity index (χ3v) is 6.36. The lowest BCUT2D eigenvalue weighted by atomic mass is 10.1. The van der Waals surface area contributed by atoms with Crippen LogP contribution in [0.4, 0.5) is 24.5 Å². The van der Waals surface area contributed by atoms with E-state index in [1.807, 2.05) is 0 Å². The smallest absolute Gasteiger partial charge is 0.416 e. The summed E-state index contributed by atoms with van der Waals surface area (Å²) in [5, 5.41) is 0. The topological polar surface area (TPSA) is 59.1 Å². The Morgan fingerprint density at radius 1 is 0.968 bits per heavy atom. The van der Waals surface area contributed by atoms with Gasteiger partial charge < -0.3 is 9.47 Å². The van der Waals surface area contributed by atoms with Gasteiger partial charge in [0.25, 0.3) is 10.0 Å². The molecule has 31 heavy (non-hydrogen) atoms. The minimum Gasteiger partial charge on any atom is -0.489 e. The van der Waals surface area contributed by atoms with Gasteiger partial charge >= 0.3 is 6.18 Å². The van der Waals surface area contributed by atoms with Crippen molar-refractivity contribution in [2.75, 3.05) is 17.5 Å². The number of hydrogen-bond donors (Lipinski definition) is 0. The summed E-state index contributed by atoms with van der Waals surface area (Å²) in [6.45, 7) is 0.590. The van der Waals surface area contributed by atoms with Gasteiger partial charge in [-0.1, -0.05) is 36.4 Å². The van der Waals surface area contributed by atoms with Gasteiger partial charge in [0.2, 0.25) is 0 Å². The van der Waals surface area contributed by atoms with E-state index in [9.17, 15) is 21.6 Å². The quantitative estimate of drug-likeness (QED) is 0.476. The highest BCUT2D eigenvalue weighted by molar-refractivity contribution is 7.93. The number of nitrogens with zero attached hydrogens (tertiary/aromatic N) is 1. The van der Waals surface area contributed by atoms with E-state index in [4.69, 9.17) is 9.47 Å². The number of benzene rings is 3. The molecule has 3 aromatic carbocycles. The molecule has 0 radical (unpaired) electrons. The standard InChI is InChI=1S/C22H18F3NO4S/c23-22(24,25)16-11-12-21(30-15-18-14-29-18)20(13-16)26(17-7-3-1-4-8-17)31(27,28)19-9-5-2-6-10-19/h1-13,18H,14-15H2. The van der Waals surface area contributed by atoms with E-state index in [1.165, 1.54) is 24.3 Å². The van der Waals surface area contributed by atoms with Crippen molar-refractivity contribution < 1.29 is 31.1 Å². The monoisotopic (exact) mass is 449 g/mol. The highest BCUT2D eigenvalue weighted by atomic mass is 32.2. The number of sulfonamides is 1.